The van der Waals surface area contributed by atoms with E-state index in [0.717, 1.165) is 36.1 Å². The first-order valence-corrected chi connectivity index (χ1v) is 8.17. The molecule has 0 bridgehead atoms. The average Bonchev–Trinajstić information content (AvgIpc) is 2.98. The number of rotatable bonds is 3. The molecule has 1 aliphatic rings. The summed E-state index contributed by atoms with van der Waals surface area (Å²) in [6.07, 6.45) is 6.08. The average molecular weight is 318 g/mol. The summed E-state index contributed by atoms with van der Waals surface area (Å²) in [4.78, 5) is 11.0. The van der Waals surface area contributed by atoms with Crippen molar-refractivity contribution in [3.05, 3.63) is 71.6 Å². The third kappa shape index (κ3) is 2.83. The van der Waals surface area contributed by atoms with Crippen LogP contribution in [0.2, 0.25) is 0 Å². The number of aromatic nitrogens is 2. The molecule has 0 unspecified atom stereocenters. The molecule has 0 spiro atoms. The summed E-state index contributed by atoms with van der Waals surface area (Å²) in [6, 6.07) is 14.7. The lowest BCUT2D eigenvalue weighted by molar-refractivity contribution is -0.131. The molecule has 120 valence electrons. The van der Waals surface area contributed by atoms with Crippen molar-refractivity contribution in [2.45, 2.75) is 25.8 Å². The van der Waals surface area contributed by atoms with Crippen molar-refractivity contribution in [3.8, 4) is 0 Å². The Labute approximate surface area is 140 Å². The van der Waals surface area contributed by atoms with Crippen LogP contribution in [-0.4, -0.2) is 20.9 Å². The first kappa shape index (κ1) is 14.7. The predicted molar refractivity (Wildman–Crippen MR) is 93.8 cm³/mol. The fraction of sp³-hybridized carbons (Fsp3) is 0.200. The van der Waals surface area contributed by atoms with E-state index in [1.54, 1.807) is 0 Å². The van der Waals surface area contributed by atoms with Crippen molar-refractivity contribution < 1.29 is 9.90 Å². The van der Waals surface area contributed by atoms with E-state index in [4.69, 9.17) is 5.11 Å². The Hall–Kier alpha value is -2.88. The Morgan fingerprint density at radius 3 is 2.83 bits per heavy atom. The highest BCUT2D eigenvalue weighted by Crippen LogP contribution is 2.29. The second-order valence-corrected chi connectivity index (χ2v) is 6.24. The molecule has 0 fully saturated rings. The van der Waals surface area contributed by atoms with Gasteiger partial charge in [-0.2, -0.15) is 5.10 Å². The summed E-state index contributed by atoms with van der Waals surface area (Å²) >= 11 is 0. The Balaban J connectivity index is 1.65. The van der Waals surface area contributed by atoms with Crippen LogP contribution in [0.4, 0.5) is 0 Å². The number of benzene rings is 2. The minimum absolute atomic E-state index is 0.693. The molecule has 1 heterocycles. The van der Waals surface area contributed by atoms with Crippen molar-refractivity contribution in [2.75, 3.05) is 0 Å². The van der Waals surface area contributed by atoms with Crippen molar-refractivity contribution in [3.63, 3.8) is 0 Å². The number of allylic oxidation sites excluding steroid dienone is 1. The van der Waals surface area contributed by atoms with Gasteiger partial charge in [-0.1, -0.05) is 36.4 Å². The smallest absolute Gasteiger partial charge is 0.328 e. The van der Waals surface area contributed by atoms with E-state index in [2.05, 4.69) is 41.6 Å². The molecule has 4 rings (SSSR count). The number of carboxylic acid groups (broad SMARTS) is 1. The maximum absolute atomic E-state index is 11.0. The van der Waals surface area contributed by atoms with Gasteiger partial charge < -0.3 is 5.11 Å². The second-order valence-electron chi connectivity index (χ2n) is 6.24. The van der Waals surface area contributed by atoms with Gasteiger partial charge in [0.05, 0.1) is 12.2 Å². The van der Waals surface area contributed by atoms with Crippen LogP contribution in [0.5, 0.6) is 0 Å². The van der Waals surface area contributed by atoms with Crippen LogP contribution in [0.15, 0.2) is 54.7 Å². The van der Waals surface area contributed by atoms with Crippen molar-refractivity contribution in [2.24, 2.45) is 0 Å². The fourth-order valence-corrected chi connectivity index (χ4v) is 3.40. The number of hydrogen-bond donors (Lipinski definition) is 1. The summed E-state index contributed by atoms with van der Waals surface area (Å²) in [5, 5.41) is 16.1. The number of carboxylic acids is 1. The van der Waals surface area contributed by atoms with Gasteiger partial charge in [-0.05, 0) is 52.8 Å². The molecule has 0 saturated heterocycles. The maximum Gasteiger partial charge on any atom is 0.328 e. The van der Waals surface area contributed by atoms with Gasteiger partial charge >= 0.3 is 5.97 Å². The van der Waals surface area contributed by atoms with E-state index in [0.29, 0.717) is 6.54 Å². The molecule has 1 aliphatic carbocycles. The number of aliphatic carboxylic acids is 1. The number of fused-ring (bicyclic) bond motifs is 2. The van der Waals surface area contributed by atoms with Crippen LogP contribution < -0.4 is 0 Å². The standard InChI is InChI=1S/C20H18N2O2/c23-19(24)11-17-6-3-7-18-13-22(21-20(17)18)12-14-8-9-15-4-1-2-5-16(15)10-14/h1-2,4-5,8-11,13H,3,6-7,12H2,(H,23,24)/b17-11+. The highest BCUT2D eigenvalue weighted by atomic mass is 16.4. The van der Waals surface area contributed by atoms with Crippen LogP contribution in [0.25, 0.3) is 16.3 Å². The zero-order chi connectivity index (χ0) is 16.5. The summed E-state index contributed by atoms with van der Waals surface area (Å²) < 4.78 is 1.93. The first-order valence-electron chi connectivity index (χ1n) is 8.17. The lowest BCUT2D eigenvalue weighted by Crippen LogP contribution is -2.03. The van der Waals surface area contributed by atoms with Crippen molar-refractivity contribution in [1.29, 1.82) is 0 Å². The van der Waals surface area contributed by atoms with Crippen LogP contribution in [0.1, 0.15) is 29.7 Å². The molecule has 4 heteroatoms. The number of nitrogens with zero attached hydrogens (tertiary/aromatic N) is 2. The van der Waals surface area contributed by atoms with E-state index in [1.165, 1.54) is 22.4 Å². The summed E-state index contributed by atoms with van der Waals surface area (Å²) in [7, 11) is 0. The van der Waals surface area contributed by atoms with Gasteiger partial charge in [-0.3, -0.25) is 4.68 Å². The van der Waals surface area contributed by atoms with Crippen LogP contribution in [0, 0.1) is 0 Å². The first-order chi connectivity index (χ1) is 11.7. The molecular formula is C20H18N2O2. The van der Waals surface area contributed by atoms with E-state index in [9.17, 15) is 4.79 Å². The van der Waals surface area contributed by atoms with E-state index in [1.807, 2.05) is 16.8 Å². The van der Waals surface area contributed by atoms with E-state index < -0.39 is 5.97 Å². The molecule has 3 aromatic rings. The maximum atomic E-state index is 11.0. The third-order valence-electron chi connectivity index (χ3n) is 4.49. The molecule has 0 atom stereocenters. The molecule has 24 heavy (non-hydrogen) atoms. The summed E-state index contributed by atoms with van der Waals surface area (Å²) in [5.41, 5.74) is 4.03. The molecule has 1 aromatic heterocycles. The van der Waals surface area contributed by atoms with Crippen LogP contribution in [0.3, 0.4) is 0 Å². The topological polar surface area (TPSA) is 55.1 Å². The van der Waals surface area contributed by atoms with E-state index >= 15 is 0 Å². The lowest BCUT2D eigenvalue weighted by Gasteiger charge is -2.11. The Bertz CT molecular complexity index is 953. The number of aryl methyl sites for hydroxylation is 1. The lowest BCUT2D eigenvalue weighted by atomic mass is 9.93. The highest BCUT2D eigenvalue weighted by Gasteiger charge is 2.19. The molecule has 1 N–H and O–H groups in total. The van der Waals surface area contributed by atoms with Gasteiger partial charge in [0.15, 0.2) is 0 Å². The van der Waals surface area contributed by atoms with Crippen LogP contribution >= 0.6 is 0 Å². The van der Waals surface area contributed by atoms with E-state index in [-0.39, 0.29) is 0 Å². The quantitative estimate of drug-likeness (QED) is 0.745. The van der Waals surface area contributed by atoms with Crippen molar-refractivity contribution >= 4 is 22.3 Å². The summed E-state index contributed by atoms with van der Waals surface area (Å²) in [5.74, 6) is -0.901. The molecule has 0 amide bonds. The Morgan fingerprint density at radius 1 is 1.17 bits per heavy atom. The normalized spacial score (nSPS) is 15.6. The van der Waals surface area contributed by atoms with Gasteiger partial charge in [0.25, 0.3) is 0 Å². The van der Waals surface area contributed by atoms with Gasteiger partial charge in [0, 0.05) is 12.3 Å². The third-order valence-corrected chi connectivity index (χ3v) is 4.49. The van der Waals surface area contributed by atoms with Crippen LogP contribution in [-0.2, 0) is 17.8 Å². The molecule has 2 aromatic carbocycles. The zero-order valence-electron chi connectivity index (χ0n) is 13.3. The Morgan fingerprint density at radius 2 is 2.00 bits per heavy atom. The minimum atomic E-state index is -0.901. The monoisotopic (exact) mass is 318 g/mol. The second kappa shape index (κ2) is 5.96. The molecule has 4 nitrogen and oxygen atoms in total. The van der Waals surface area contributed by atoms with Crippen molar-refractivity contribution in [1.82, 2.24) is 9.78 Å². The molecule has 0 saturated carbocycles. The zero-order valence-corrected chi connectivity index (χ0v) is 13.3. The van der Waals surface area contributed by atoms with Gasteiger partial charge in [0.1, 0.15) is 0 Å². The SMILES string of the molecule is O=C(O)/C=C1\CCCc2cn(Cc3ccc4ccccc4c3)nc21. The van der Waals surface area contributed by atoms with Gasteiger partial charge in [0.2, 0.25) is 0 Å². The minimum Gasteiger partial charge on any atom is -0.478 e. The Kier molecular flexibility index (Phi) is 3.65. The number of carbonyl (C=O) groups is 1. The molecule has 0 radical (unpaired) electrons. The summed E-state index contributed by atoms with van der Waals surface area (Å²) in [6.45, 7) is 0.693. The largest absolute Gasteiger partial charge is 0.478 e. The fourth-order valence-electron chi connectivity index (χ4n) is 3.40. The number of hydrogen-bond acceptors (Lipinski definition) is 2. The molecular weight excluding hydrogens is 300 g/mol. The molecule has 0 aliphatic heterocycles. The predicted octanol–water partition coefficient (Wildman–Crippen LogP) is 3.89. The van der Waals surface area contributed by atoms with Gasteiger partial charge in [-0.15, -0.1) is 0 Å². The van der Waals surface area contributed by atoms with Gasteiger partial charge in [-0.25, -0.2) is 4.79 Å². The highest BCUT2D eigenvalue weighted by molar-refractivity contribution is 5.90.